The summed E-state index contributed by atoms with van der Waals surface area (Å²) in [5.41, 5.74) is 0. The zero-order valence-electron chi connectivity index (χ0n) is 8.15. The zero-order chi connectivity index (χ0) is 11.6. The normalized spacial score (nSPS) is 15.1. The largest absolute Gasteiger partial charge is 0.426 e. The van der Waals surface area contributed by atoms with Crippen molar-refractivity contribution in [3.05, 3.63) is 28.2 Å². The lowest BCUT2D eigenvalue weighted by molar-refractivity contribution is 0.438. The lowest BCUT2D eigenvalue weighted by atomic mass is 10.3. The Balaban J connectivity index is 2.91. The Morgan fingerprint density at radius 1 is 1.33 bits per heavy atom. The van der Waals surface area contributed by atoms with Crippen LogP contribution in [0.1, 0.15) is 0 Å². The molecule has 0 saturated heterocycles. The van der Waals surface area contributed by atoms with Crippen molar-refractivity contribution in [3.63, 3.8) is 0 Å². The zero-order valence-corrected chi connectivity index (χ0v) is 11.4. The van der Waals surface area contributed by atoms with Gasteiger partial charge in [-0.3, -0.25) is 0 Å². The molecule has 0 fully saturated rings. The van der Waals surface area contributed by atoms with E-state index in [9.17, 15) is 4.57 Å². The topological polar surface area (TPSA) is 29.5 Å². The van der Waals surface area contributed by atoms with Crippen LogP contribution in [0.3, 0.4) is 0 Å². The summed E-state index contributed by atoms with van der Waals surface area (Å²) in [6.07, 6.45) is 0. The minimum Gasteiger partial charge on any atom is -0.426 e. The maximum atomic E-state index is 11.8. The molecular formula is C8H10Cl2NO2PS. The second-order valence-corrected chi connectivity index (χ2v) is 7.30. The van der Waals surface area contributed by atoms with Gasteiger partial charge in [0.1, 0.15) is 5.75 Å². The molecule has 0 saturated carbocycles. The van der Waals surface area contributed by atoms with Crippen molar-refractivity contribution in [2.75, 3.05) is 14.1 Å². The number of halogens is 2. The molecule has 1 aromatic carbocycles. The van der Waals surface area contributed by atoms with Gasteiger partial charge < -0.3 is 4.52 Å². The quantitative estimate of drug-likeness (QED) is 0.673. The Morgan fingerprint density at radius 2 is 1.93 bits per heavy atom. The molecular weight excluding hydrogens is 276 g/mol. The van der Waals surface area contributed by atoms with E-state index in [2.05, 4.69) is 12.2 Å². The number of hydrogen-bond acceptors (Lipinski definition) is 2. The standard InChI is InChI=1S/C8H10Cl2NO2PS/c1-11(2)14(12,15)13-6-3-4-7(9)8(10)5-6/h3-5H,1-2H3,(H,12,15). The summed E-state index contributed by atoms with van der Waals surface area (Å²) in [6, 6.07) is 4.65. The van der Waals surface area contributed by atoms with Crippen LogP contribution in [0.4, 0.5) is 0 Å². The summed E-state index contributed by atoms with van der Waals surface area (Å²) < 4.78 is 18.4. The Hall–Kier alpha value is 0.140. The molecule has 1 rings (SSSR count). The fraction of sp³-hybridized carbons (Fsp3) is 0.250. The highest BCUT2D eigenvalue weighted by molar-refractivity contribution is 8.45. The summed E-state index contributed by atoms with van der Waals surface area (Å²) in [5.74, 6) is 0.372. The van der Waals surface area contributed by atoms with E-state index in [0.717, 1.165) is 0 Å². The Labute approximate surface area is 104 Å². The third kappa shape index (κ3) is 3.58. The highest BCUT2D eigenvalue weighted by Gasteiger charge is 2.22. The molecule has 0 amide bonds. The molecule has 1 atom stereocenters. The summed E-state index contributed by atoms with van der Waals surface area (Å²) in [7, 11) is 3.23. The van der Waals surface area contributed by atoms with Crippen LogP contribution in [0.2, 0.25) is 10.0 Å². The molecule has 3 nitrogen and oxygen atoms in total. The van der Waals surface area contributed by atoms with Crippen LogP contribution < -0.4 is 4.52 Å². The second kappa shape index (κ2) is 4.98. The molecule has 1 aromatic rings. The molecule has 0 heterocycles. The van der Waals surface area contributed by atoms with Gasteiger partial charge in [0.05, 0.1) is 10.0 Å². The molecule has 0 aromatic heterocycles. The molecule has 0 aliphatic rings. The third-order valence-corrected chi connectivity index (χ3v) is 5.14. The van der Waals surface area contributed by atoms with Gasteiger partial charge in [-0.1, -0.05) is 35.5 Å². The van der Waals surface area contributed by atoms with Crippen LogP contribution in [-0.4, -0.2) is 18.8 Å². The summed E-state index contributed by atoms with van der Waals surface area (Å²) >= 11 is 15.4. The summed E-state index contributed by atoms with van der Waals surface area (Å²) in [5, 5.41) is 0.768. The van der Waals surface area contributed by atoms with Gasteiger partial charge in [0, 0.05) is 6.07 Å². The van der Waals surface area contributed by atoms with Crippen molar-refractivity contribution in [1.29, 1.82) is 0 Å². The first-order valence-corrected chi connectivity index (χ1v) is 7.47. The van der Waals surface area contributed by atoms with E-state index in [4.69, 9.17) is 27.7 Å². The summed E-state index contributed by atoms with van der Waals surface area (Å²) in [6.45, 7) is -3.10. The molecule has 7 heteroatoms. The first-order chi connectivity index (χ1) is 6.83. The Morgan fingerprint density at radius 3 is 2.40 bits per heavy atom. The minimum absolute atomic E-state index is 0.348. The SMILES string of the molecule is CN(C)P(=O)(S)Oc1ccc(Cl)c(Cl)c1. The fourth-order valence-electron chi connectivity index (χ4n) is 0.753. The monoisotopic (exact) mass is 285 g/mol. The predicted molar refractivity (Wildman–Crippen MR) is 67.4 cm³/mol. The van der Waals surface area contributed by atoms with Gasteiger partial charge in [-0.15, -0.1) is 0 Å². The third-order valence-electron chi connectivity index (χ3n) is 1.62. The number of thiol groups is 1. The van der Waals surface area contributed by atoms with Gasteiger partial charge in [-0.2, -0.15) is 0 Å². The van der Waals surface area contributed by atoms with Crippen molar-refractivity contribution in [1.82, 2.24) is 4.67 Å². The molecule has 0 spiro atoms. The van der Waals surface area contributed by atoms with Gasteiger partial charge >= 0.3 is 6.72 Å². The highest BCUT2D eigenvalue weighted by Crippen LogP contribution is 2.53. The van der Waals surface area contributed by atoms with Crippen LogP contribution in [-0.2, 0) is 4.57 Å². The Bertz CT molecular complexity index is 414. The van der Waals surface area contributed by atoms with E-state index in [0.29, 0.717) is 15.8 Å². The molecule has 0 N–H and O–H groups in total. The average molecular weight is 286 g/mol. The van der Waals surface area contributed by atoms with Crippen LogP contribution in [0.15, 0.2) is 18.2 Å². The number of hydrogen-bond donors (Lipinski definition) is 1. The highest BCUT2D eigenvalue weighted by atomic mass is 35.5. The van der Waals surface area contributed by atoms with Crippen LogP contribution in [0.25, 0.3) is 0 Å². The van der Waals surface area contributed by atoms with Gasteiger partial charge in [-0.25, -0.2) is 9.24 Å². The lowest BCUT2D eigenvalue weighted by Crippen LogP contribution is -2.08. The van der Waals surface area contributed by atoms with Crippen molar-refractivity contribution >= 4 is 42.2 Å². The van der Waals surface area contributed by atoms with E-state index in [-0.39, 0.29) is 0 Å². The van der Waals surface area contributed by atoms with E-state index >= 15 is 0 Å². The van der Waals surface area contributed by atoms with E-state index in [1.165, 1.54) is 10.7 Å². The smallest absolute Gasteiger partial charge is 0.373 e. The number of benzene rings is 1. The number of nitrogens with zero attached hydrogens (tertiary/aromatic N) is 1. The lowest BCUT2D eigenvalue weighted by Gasteiger charge is -2.19. The molecule has 0 bridgehead atoms. The maximum absolute atomic E-state index is 11.8. The Kier molecular flexibility index (Phi) is 4.38. The summed E-state index contributed by atoms with van der Waals surface area (Å²) in [4.78, 5) is 0. The molecule has 0 aliphatic heterocycles. The minimum atomic E-state index is -3.10. The van der Waals surface area contributed by atoms with Gasteiger partial charge in [-0.05, 0) is 26.2 Å². The maximum Gasteiger partial charge on any atom is 0.373 e. The van der Waals surface area contributed by atoms with Crippen molar-refractivity contribution in [3.8, 4) is 5.75 Å². The molecule has 84 valence electrons. The van der Waals surface area contributed by atoms with E-state index in [1.807, 2.05) is 0 Å². The van der Waals surface area contributed by atoms with Gasteiger partial charge in [0.2, 0.25) is 0 Å². The molecule has 0 radical (unpaired) electrons. The fourth-order valence-corrected chi connectivity index (χ4v) is 1.88. The molecule has 15 heavy (non-hydrogen) atoms. The van der Waals surface area contributed by atoms with Gasteiger partial charge in [0.25, 0.3) is 0 Å². The molecule has 1 unspecified atom stereocenters. The second-order valence-electron chi connectivity index (χ2n) is 3.00. The van der Waals surface area contributed by atoms with E-state index in [1.54, 1.807) is 26.2 Å². The van der Waals surface area contributed by atoms with Crippen molar-refractivity contribution in [2.45, 2.75) is 0 Å². The predicted octanol–water partition coefficient (Wildman–Crippen LogP) is 3.97. The van der Waals surface area contributed by atoms with Crippen LogP contribution in [0.5, 0.6) is 5.75 Å². The first-order valence-electron chi connectivity index (χ1n) is 3.98. The van der Waals surface area contributed by atoms with E-state index < -0.39 is 6.72 Å². The van der Waals surface area contributed by atoms with Gasteiger partial charge in [0.15, 0.2) is 0 Å². The van der Waals surface area contributed by atoms with Crippen molar-refractivity contribution < 1.29 is 9.09 Å². The first kappa shape index (κ1) is 13.2. The average Bonchev–Trinajstić information content (AvgIpc) is 2.10. The molecule has 0 aliphatic carbocycles. The van der Waals surface area contributed by atoms with Crippen molar-refractivity contribution in [2.24, 2.45) is 0 Å². The number of rotatable bonds is 3. The van der Waals surface area contributed by atoms with Crippen LogP contribution in [0, 0.1) is 0 Å². The van der Waals surface area contributed by atoms with Crippen LogP contribution >= 0.6 is 42.2 Å².